The van der Waals surface area contributed by atoms with Gasteiger partial charge in [-0.2, -0.15) is 0 Å². The molecular formula is C9H14O3. The summed E-state index contributed by atoms with van der Waals surface area (Å²) in [5.41, 5.74) is 0. The number of hydrogen-bond acceptors (Lipinski definition) is 3. The molecule has 3 heteroatoms. The molecule has 0 aliphatic carbocycles. The third-order valence-corrected chi connectivity index (χ3v) is 3.70. The van der Waals surface area contributed by atoms with E-state index in [-0.39, 0.29) is 24.4 Å². The molecule has 4 fully saturated rings. The van der Waals surface area contributed by atoms with Gasteiger partial charge in [-0.05, 0) is 0 Å². The first-order valence-electron chi connectivity index (χ1n) is 4.69. The zero-order valence-corrected chi connectivity index (χ0v) is 7.31. The van der Waals surface area contributed by atoms with Gasteiger partial charge in [0.25, 0.3) is 0 Å². The van der Waals surface area contributed by atoms with Crippen LogP contribution < -0.4 is 0 Å². The number of aliphatic hydroxyl groups is 1. The van der Waals surface area contributed by atoms with Crippen LogP contribution in [0, 0.1) is 11.8 Å². The summed E-state index contributed by atoms with van der Waals surface area (Å²) in [5, 5.41) is 9.74. The zero-order valence-electron chi connectivity index (χ0n) is 7.31. The maximum absolute atomic E-state index is 9.74. The molecule has 3 nitrogen and oxygen atoms in total. The van der Waals surface area contributed by atoms with Gasteiger partial charge >= 0.3 is 0 Å². The first-order chi connectivity index (χ1) is 5.70. The molecule has 0 radical (unpaired) electrons. The van der Waals surface area contributed by atoms with E-state index in [0.29, 0.717) is 17.9 Å². The molecule has 4 heterocycles. The lowest BCUT2D eigenvalue weighted by molar-refractivity contribution is -0.149. The van der Waals surface area contributed by atoms with Crippen molar-refractivity contribution in [3.05, 3.63) is 0 Å². The molecule has 4 saturated heterocycles. The molecule has 12 heavy (non-hydrogen) atoms. The van der Waals surface area contributed by atoms with Gasteiger partial charge in [0.1, 0.15) is 12.2 Å². The van der Waals surface area contributed by atoms with Gasteiger partial charge in [0.05, 0.1) is 18.3 Å². The normalized spacial score (nSPS) is 67.8. The summed E-state index contributed by atoms with van der Waals surface area (Å²) in [6.45, 7) is 4.26. The molecule has 4 aliphatic heterocycles. The van der Waals surface area contributed by atoms with E-state index in [4.69, 9.17) is 9.47 Å². The van der Waals surface area contributed by atoms with Crippen molar-refractivity contribution in [2.75, 3.05) is 0 Å². The van der Waals surface area contributed by atoms with Crippen LogP contribution in [0.25, 0.3) is 0 Å². The average molecular weight is 170 g/mol. The fourth-order valence-electron chi connectivity index (χ4n) is 3.02. The van der Waals surface area contributed by atoms with Gasteiger partial charge in [0, 0.05) is 11.8 Å². The van der Waals surface area contributed by atoms with Crippen molar-refractivity contribution in [3.63, 3.8) is 0 Å². The van der Waals surface area contributed by atoms with Crippen molar-refractivity contribution in [2.24, 2.45) is 11.8 Å². The van der Waals surface area contributed by atoms with Crippen LogP contribution in [0.4, 0.5) is 0 Å². The summed E-state index contributed by atoms with van der Waals surface area (Å²) in [4.78, 5) is 0. The molecular weight excluding hydrogens is 156 g/mol. The van der Waals surface area contributed by atoms with E-state index in [2.05, 4.69) is 13.8 Å². The molecule has 7 atom stereocenters. The second-order valence-electron chi connectivity index (χ2n) is 4.34. The molecule has 1 N–H and O–H groups in total. The lowest BCUT2D eigenvalue weighted by Crippen LogP contribution is -2.47. The fraction of sp³-hybridized carbons (Fsp3) is 1.00. The molecule has 0 unspecified atom stereocenters. The predicted octanol–water partition coefficient (Wildman–Crippen LogP) is 0.168. The van der Waals surface area contributed by atoms with Gasteiger partial charge in [-0.1, -0.05) is 13.8 Å². The highest BCUT2D eigenvalue weighted by molar-refractivity contribution is 5.09. The highest BCUT2D eigenvalue weighted by Crippen LogP contribution is 2.49. The second-order valence-corrected chi connectivity index (χ2v) is 4.34. The fourth-order valence-corrected chi connectivity index (χ4v) is 3.02. The Hall–Kier alpha value is -0.120. The highest BCUT2D eigenvalue weighted by Gasteiger charge is 2.63. The van der Waals surface area contributed by atoms with Gasteiger partial charge in [-0.15, -0.1) is 0 Å². The molecule has 0 amide bonds. The van der Waals surface area contributed by atoms with Gasteiger partial charge in [0.15, 0.2) is 0 Å². The standard InChI is InChI=1S/C9H14O3/c1-3-6-4(2)8-9(11-6)5(10)7(3)12-8/h3-10H,1-2H3/t3-,4+,5+,6-,7+,8+,9+/m1/s1. The minimum atomic E-state index is -0.383. The minimum Gasteiger partial charge on any atom is -0.388 e. The topological polar surface area (TPSA) is 38.7 Å². The SMILES string of the molecule is C[C@@H]1[C@H]2O[C@H]3[C@@H](O)[C@H]1O[C@H]3[C@H]2C. The zero-order chi connectivity index (χ0) is 8.46. The van der Waals surface area contributed by atoms with Crippen molar-refractivity contribution in [3.8, 4) is 0 Å². The monoisotopic (exact) mass is 170 g/mol. The Balaban J connectivity index is 2.01. The summed E-state index contributed by atoms with van der Waals surface area (Å²) < 4.78 is 11.4. The van der Waals surface area contributed by atoms with Crippen LogP contribution in [0.15, 0.2) is 0 Å². The van der Waals surface area contributed by atoms with Crippen LogP contribution in [0.5, 0.6) is 0 Å². The predicted molar refractivity (Wildman–Crippen MR) is 41.7 cm³/mol. The van der Waals surface area contributed by atoms with Crippen molar-refractivity contribution < 1.29 is 14.6 Å². The average Bonchev–Trinajstić information content (AvgIpc) is 2.43. The van der Waals surface area contributed by atoms with E-state index in [1.807, 2.05) is 0 Å². The maximum Gasteiger partial charge on any atom is 0.113 e. The molecule has 68 valence electrons. The summed E-state index contributed by atoms with van der Waals surface area (Å²) >= 11 is 0. The Morgan fingerprint density at radius 1 is 0.833 bits per heavy atom. The number of ether oxygens (including phenoxy) is 2. The Morgan fingerprint density at radius 3 is 2.08 bits per heavy atom. The van der Waals surface area contributed by atoms with Crippen LogP contribution in [-0.4, -0.2) is 35.6 Å². The minimum absolute atomic E-state index is 0.0359. The van der Waals surface area contributed by atoms with Crippen molar-refractivity contribution in [2.45, 2.75) is 44.4 Å². The molecule has 0 aromatic heterocycles. The molecule has 0 aromatic carbocycles. The van der Waals surface area contributed by atoms with Crippen molar-refractivity contribution in [1.82, 2.24) is 0 Å². The largest absolute Gasteiger partial charge is 0.388 e. The molecule has 4 aliphatic rings. The Morgan fingerprint density at radius 2 is 1.42 bits per heavy atom. The smallest absolute Gasteiger partial charge is 0.113 e. The second kappa shape index (κ2) is 2.03. The quantitative estimate of drug-likeness (QED) is 0.563. The maximum atomic E-state index is 9.74. The van der Waals surface area contributed by atoms with Crippen LogP contribution in [-0.2, 0) is 9.47 Å². The first kappa shape index (κ1) is 7.30. The van der Waals surface area contributed by atoms with Crippen LogP contribution >= 0.6 is 0 Å². The lowest BCUT2D eigenvalue weighted by Gasteiger charge is -2.37. The van der Waals surface area contributed by atoms with Crippen LogP contribution in [0.1, 0.15) is 13.8 Å². The van der Waals surface area contributed by atoms with E-state index >= 15 is 0 Å². The van der Waals surface area contributed by atoms with E-state index in [0.717, 1.165) is 0 Å². The van der Waals surface area contributed by atoms with E-state index in [1.54, 1.807) is 0 Å². The third kappa shape index (κ3) is 0.605. The molecule has 0 spiro atoms. The molecule has 0 aromatic rings. The molecule has 4 bridgehead atoms. The molecule has 4 rings (SSSR count). The summed E-state index contributed by atoms with van der Waals surface area (Å²) in [7, 11) is 0. The number of aliphatic hydroxyl groups excluding tert-OH is 1. The highest BCUT2D eigenvalue weighted by atomic mass is 16.6. The van der Waals surface area contributed by atoms with Crippen LogP contribution in [0.2, 0.25) is 0 Å². The van der Waals surface area contributed by atoms with Gasteiger partial charge in [0.2, 0.25) is 0 Å². The Bertz CT molecular complexity index is 188. The number of rotatable bonds is 0. The van der Waals surface area contributed by atoms with E-state index in [9.17, 15) is 5.11 Å². The van der Waals surface area contributed by atoms with Gasteiger partial charge in [-0.25, -0.2) is 0 Å². The van der Waals surface area contributed by atoms with Crippen molar-refractivity contribution >= 4 is 0 Å². The summed E-state index contributed by atoms with van der Waals surface area (Å²) in [6, 6.07) is 0. The lowest BCUT2D eigenvalue weighted by atomic mass is 9.87. The molecule has 0 saturated carbocycles. The first-order valence-corrected chi connectivity index (χ1v) is 4.69. The Kier molecular flexibility index (Phi) is 1.23. The van der Waals surface area contributed by atoms with E-state index in [1.165, 1.54) is 0 Å². The van der Waals surface area contributed by atoms with Crippen LogP contribution in [0.3, 0.4) is 0 Å². The Labute approximate surface area is 71.7 Å². The van der Waals surface area contributed by atoms with Crippen molar-refractivity contribution in [1.29, 1.82) is 0 Å². The third-order valence-electron chi connectivity index (χ3n) is 3.70. The van der Waals surface area contributed by atoms with Gasteiger partial charge < -0.3 is 14.6 Å². The summed E-state index contributed by atoms with van der Waals surface area (Å²) in [5.74, 6) is 0.809. The van der Waals surface area contributed by atoms with E-state index < -0.39 is 0 Å². The number of hydrogen-bond donors (Lipinski definition) is 1. The summed E-state index contributed by atoms with van der Waals surface area (Å²) in [6.07, 6.45) is 0.0979. The van der Waals surface area contributed by atoms with Gasteiger partial charge in [-0.3, -0.25) is 0 Å².